The van der Waals surface area contributed by atoms with Crippen LogP contribution in [0.25, 0.3) is 0 Å². The van der Waals surface area contributed by atoms with E-state index in [1.165, 1.54) is 12.1 Å². The second kappa shape index (κ2) is 5.56. The van der Waals surface area contributed by atoms with Crippen molar-refractivity contribution in [3.05, 3.63) is 53.2 Å². The highest BCUT2D eigenvalue weighted by Gasteiger charge is 2.08. The standard InChI is InChI=1S/C12H11ClN2O3S/c13-10-3-1-9(2-4-10)8-18-12-6-5-11(7-15-12)19(14,16)17/h1-7H,8H2,(H2,14,16,17). The average molecular weight is 299 g/mol. The molecule has 0 aliphatic carbocycles. The van der Waals surface area contributed by atoms with Crippen LogP contribution in [-0.2, 0) is 16.6 Å². The predicted octanol–water partition coefficient (Wildman–Crippen LogP) is 1.96. The van der Waals surface area contributed by atoms with E-state index in [0.29, 0.717) is 17.5 Å². The first-order valence-electron chi connectivity index (χ1n) is 5.31. The molecule has 5 nitrogen and oxygen atoms in total. The van der Waals surface area contributed by atoms with Gasteiger partial charge in [0.2, 0.25) is 15.9 Å². The molecular weight excluding hydrogens is 288 g/mol. The van der Waals surface area contributed by atoms with Crippen LogP contribution in [0.4, 0.5) is 0 Å². The highest BCUT2D eigenvalue weighted by molar-refractivity contribution is 7.89. The van der Waals surface area contributed by atoms with E-state index in [4.69, 9.17) is 21.5 Å². The van der Waals surface area contributed by atoms with E-state index in [0.717, 1.165) is 11.8 Å². The number of nitrogens with zero attached hydrogens (tertiary/aromatic N) is 1. The van der Waals surface area contributed by atoms with E-state index in [9.17, 15) is 8.42 Å². The third kappa shape index (κ3) is 3.92. The van der Waals surface area contributed by atoms with Crippen molar-refractivity contribution in [2.45, 2.75) is 11.5 Å². The van der Waals surface area contributed by atoms with Gasteiger partial charge in [-0.2, -0.15) is 0 Å². The van der Waals surface area contributed by atoms with Crippen LogP contribution in [0.15, 0.2) is 47.5 Å². The molecule has 0 unspecified atom stereocenters. The van der Waals surface area contributed by atoms with Crippen LogP contribution in [0.3, 0.4) is 0 Å². The molecule has 1 aromatic heterocycles. The van der Waals surface area contributed by atoms with Gasteiger partial charge in [0.1, 0.15) is 11.5 Å². The van der Waals surface area contributed by atoms with Crippen molar-refractivity contribution in [3.8, 4) is 5.88 Å². The van der Waals surface area contributed by atoms with E-state index in [-0.39, 0.29) is 4.90 Å². The van der Waals surface area contributed by atoms with E-state index >= 15 is 0 Å². The van der Waals surface area contributed by atoms with E-state index in [2.05, 4.69) is 4.98 Å². The van der Waals surface area contributed by atoms with Gasteiger partial charge < -0.3 is 4.74 Å². The summed E-state index contributed by atoms with van der Waals surface area (Å²) in [7, 11) is -3.72. The minimum absolute atomic E-state index is 0.0497. The van der Waals surface area contributed by atoms with Gasteiger partial charge in [-0.25, -0.2) is 18.5 Å². The van der Waals surface area contributed by atoms with Gasteiger partial charge in [0, 0.05) is 11.1 Å². The molecule has 0 atom stereocenters. The summed E-state index contributed by atoms with van der Waals surface area (Å²) in [6.07, 6.45) is 1.16. The van der Waals surface area contributed by atoms with Gasteiger partial charge in [-0.1, -0.05) is 23.7 Å². The summed E-state index contributed by atoms with van der Waals surface area (Å²) in [4.78, 5) is 3.82. The maximum absolute atomic E-state index is 11.0. The largest absolute Gasteiger partial charge is 0.473 e. The molecule has 0 radical (unpaired) electrons. The summed E-state index contributed by atoms with van der Waals surface area (Å²) in [6.45, 7) is 0.318. The van der Waals surface area contributed by atoms with Gasteiger partial charge in [0.25, 0.3) is 0 Å². The number of pyridine rings is 1. The Labute approximate surface area is 116 Å². The van der Waals surface area contributed by atoms with Crippen molar-refractivity contribution in [2.75, 3.05) is 0 Å². The van der Waals surface area contributed by atoms with Crippen molar-refractivity contribution < 1.29 is 13.2 Å². The van der Waals surface area contributed by atoms with Crippen LogP contribution in [0, 0.1) is 0 Å². The Balaban J connectivity index is 2.02. The molecule has 2 N–H and O–H groups in total. The molecule has 0 spiro atoms. The summed E-state index contributed by atoms with van der Waals surface area (Å²) in [5.41, 5.74) is 0.932. The molecule has 0 aliphatic heterocycles. The Kier molecular flexibility index (Phi) is 4.04. The van der Waals surface area contributed by atoms with E-state index < -0.39 is 10.0 Å². The quantitative estimate of drug-likeness (QED) is 0.935. The number of ether oxygens (including phenoxy) is 1. The van der Waals surface area contributed by atoms with E-state index in [1.807, 2.05) is 12.1 Å². The molecule has 2 rings (SSSR count). The van der Waals surface area contributed by atoms with Gasteiger partial charge >= 0.3 is 0 Å². The number of primary sulfonamides is 1. The lowest BCUT2D eigenvalue weighted by atomic mass is 10.2. The first kappa shape index (κ1) is 13.8. The summed E-state index contributed by atoms with van der Waals surface area (Å²) < 4.78 is 27.5. The molecular formula is C12H11ClN2O3S. The van der Waals surface area contributed by atoms with Crippen LogP contribution < -0.4 is 9.88 Å². The highest BCUT2D eigenvalue weighted by atomic mass is 35.5. The lowest BCUT2D eigenvalue weighted by molar-refractivity contribution is 0.293. The summed E-state index contributed by atoms with van der Waals surface area (Å²) >= 11 is 5.77. The molecule has 0 fully saturated rings. The van der Waals surface area contributed by atoms with Crippen molar-refractivity contribution in [3.63, 3.8) is 0 Å². The number of benzene rings is 1. The highest BCUT2D eigenvalue weighted by Crippen LogP contribution is 2.14. The minimum atomic E-state index is -3.72. The van der Waals surface area contributed by atoms with Gasteiger partial charge in [-0.3, -0.25) is 0 Å². The number of halogens is 1. The lowest BCUT2D eigenvalue weighted by Crippen LogP contribution is -2.12. The number of hydrogen-bond donors (Lipinski definition) is 1. The second-order valence-electron chi connectivity index (χ2n) is 3.79. The molecule has 0 saturated heterocycles. The Morgan fingerprint density at radius 1 is 1.16 bits per heavy atom. The normalized spacial score (nSPS) is 11.3. The van der Waals surface area contributed by atoms with Gasteiger partial charge in [-0.15, -0.1) is 0 Å². The zero-order valence-corrected chi connectivity index (χ0v) is 11.4. The first-order valence-corrected chi connectivity index (χ1v) is 7.24. The van der Waals surface area contributed by atoms with Gasteiger partial charge in [0.15, 0.2) is 0 Å². The smallest absolute Gasteiger partial charge is 0.239 e. The Hall–Kier alpha value is -1.63. The maximum Gasteiger partial charge on any atom is 0.239 e. The van der Waals surface area contributed by atoms with Crippen LogP contribution in [0.2, 0.25) is 5.02 Å². The third-order valence-electron chi connectivity index (χ3n) is 2.34. The molecule has 1 aromatic carbocycles. The maximum atomic E-state index is 11.0. The summed E-state index contributed by atoms with van der Waals surface area (Å²) in [5.74, 6) is 0.322. The van der Waals surface area contributed by atoms with Gasteiger partial charge in [0.05, 0.1) is 6.20 Å². The zero-order valence-electron chi connectivity index (χ0n) is 9.78. The van der Waals surface area contributed by atoms with Crippen LogP contribution in [0.5, 0.6) is 5.88 Å². The fourth-order valence-corrected chi connectivity index (χ4v) is 1.94. The number of hydrogen-bond acceptors (Lipinski definition) is 4. The second-order valence-corrected chi connectivity index (χ2v) is 5.79. The summed E-state index contributed by atoms with van der Waals surface area (Å²) in [6, 6.07) is 9.99. The number of aromatic nitrogens is 1. The molecule has 2 aromatic rings. The molecule has 19 heavy (non-hydrogen) atoms. The van der Waals surface area contributed by atoms with Crippen LogP contribution in [-0.4, -0.2) is 13.4 Å². The minimum Gasteiger partial charge on any atom is -0.473 e. The van der Waals surface area contributed by atoms with Crippen molar-refractivity contribution in [2.24, 2.45) is 5.14 Å². The van der Waals surface area contributed by atoms with Crippen molar-refractivity contribution in [1.29, 1.82) is 0 Å². The fraction of sp³-hybridized carbons (Fsp3) is 0.0833. The van der Waals surface area contributed by atoms with Crippen molar-refractivity contribution >= 4 is 21.6 Å². The topological polar surface area (TPSA) is 82.3 Å². The zero-order chi connectivity index (χ0) is 13.9. The Morgan fingerprint density at radius 3 is 2.37 bits per heavy atom. The lowest BCUT2D eigenvalue weighted by Gasteiger charge is -2.05. The van der Waals surface area contributed by atoms with Crippen LogP contribution in [0.1, 0.15) is 5.56 Å². The molecule has 0 amide bonds. The molecule has 100 valence electrons. The molecule has 0 bridgehead atoms. The molecule has 0 aliphatic rings. The molecule has 1 heterocycles. The molecule has 7 heteroatoms. The Morgan fingerprint density at radius 2 is 1.84 bits per heavy atom. The monoisotopic (exact) mass is 298 g/mol. The van der Waals surface area contributed by atoms with Crippen LogP contribution >= 0.6 is 11.6 Å². The SMILES string of the molecule is NS(=O)(=O)c1ccc(OCc2ccc(Cl)cc2)nc1. The first-order chi connectivity index (χ1) is 8.95. The van der Waals surface area contributed by atoms with Gasteiger partial charge in [-0.05, 0) is 23.8 Å². The summed E-state index contributed by atoms with van der Waals surface area (Å²) in [5, 5.41) is 5.62. The number of nitrogens with two attached hydrogens (primary N) is 1. The molecule has 0 saturated carbocycles. The Bertz CT molecular complexity index is 654. The average Bonchev–Trinajstić information content (AvgIpc) is 2.37. The third-order valence-corrected chi connectivity index (χ3v) is 3.49. The van der Waals surface area contributed by atoms with Crippen molar-refractivity contribution in [1.82, 2.24) is 4.98 Å². The fourth-order valence-electron chi connectivity index (χ4n) is 1.36. The number of rotatable bonds is 4. The number of sulfonamides is 1. The van der Waals surface area contributed by atoms with E-state index in [1.54, 1.807) is 12.1 Å². The predicted molar refractivity (Wildman–Crippen MR) is 71.4 cm³/mol.